The minimum atomic E-state index is 0.598. The van der Waals surface area contributed by atoms with Crippen molar-refractivity contribution >= 4 is 5.78 Å². The topological polar surface area (TPSA) is 52.3 Å². The largest absolute Gasteiger partial charge is 0.497 e. The summed E-state index contributed by atoms with van der Waals surface area (Å²) in [6.45, 7) is 0. The first kappa shape index (κ1) is 14.4. The van der Waals surface area contributed by atoms with Crippen LogP contribution in [0.5, 0.6) is 5.75 Å². The van der Waals surface area contributed by atoms with Gasteiger partial charge in [-0.3, -0.25) is 0 Å². The highest BCUT2D eigenvalue weighted by atomic mass is 16.5. The number of rotatable bonds is 4. The molecule has 0 bridgehead atoms. The molecule has 0 aliphatic carbocycles. The van der Waals surface area contributed by atoms with Crippen molar-refractivity contribution in [2.75, 3.05) is 7.11 Å². The number of methoxy groups -OCH3 is 1. The number of ether oxygens (including phenoxy) is 1. The van der Waals surface area contributed by atoms with Crippen LogP contribution in [0.3, 0.4) is 0 Å². The van der Waals surface area contributed by atoms with Crippen molar-refractivity contribution in [3.05, 3.63) is 78.2 Å². The van der Waals surface area contributed by atoms with E-state index in [2.05, 4.69) is 27.2 Å². The van der Waals surface area contributed by atoms with E-state index in [4.69, 9.17) is 4.74 Å². The molecule has 0 atom stereocenters. The Morgan fingerprint density at radius 3 is 2.71 bits per heavy atom. The van der Waals surface area contributed by atoms with E-state index in [9.17, 15) is 0 Å². The Labute approximate surface area is 139 Å². The van der Waals surface area contributed by atoms with Gasteiger partial charge in [0.1, 0.15) is 5.75 Å². The first-order valence-electron chi connectivity index (χ1n) is 7.72. The van der Waals surface area contributed by atoms with Crippen LogP contribution >= 0.6 is 0 Å². The van der Waals surface area contributed by atoms with Gasteiger partial charge in [0.25, 0.3) is 5.78 Å². The van der Waals surface area contributed by atoms with E-state index >= 15 is 0 Å². The summed E-state index contributed by atoms with van der Waals surface area (Å²) in [4.78, 5) is 8.88. The Hall–Kier alpha value is -3.21. The van der Waals surface area contributed by atoms with Crippen LogP contribution in [0.2, 0.25) is 0 Å². The van der Waals surface area contributed by atoms with Gasteiger partial charge >= 0.3 is 0 Å². The zero-order chi connectivity index (χ0) is 16.4. The minimum absolute atomic E-state index is 0.598. The SMILES string of the molecule is COc1cccc(-c2ccnc3nc(Cc4ccccc4)nn23)c1. The summed E-state index contributed by atoms with van der Waals surface area (Å²) in [5.41, 5.74) is 3.12. The molecule has 5 heteroatoms. The van der Waals surface area contributed by atoms with Gasteiger partial charge in [0.2, 0.25) is 0 Å². The van der Waals surface area contributed by atoms with E-state index in [0.29, 0.717) is 12.2 Å². The number of benzene rings is 2. The van der Waals surface area contributed by atoms with Crippen molar-refractivity contribution in [1.82, 2.24) is 19.6 Å². The fraction of sp³-hybridized carbons (Fsp3) is 0.105. The lowest BCUT2D eigenvalue weighted by atomic mass is 10.1. The Kier molecular flexibility index (Phi) is 3.67. The molecule has 118 valence electrons. The third kappa shape index (κ3) is 2.72. The normalized spacial score (nSPS) is 10.9. The van der Waals surface area contributed by atoms with E-state index in [1.165, 1.54) is 5.56 Å². The molecule has 4 rings (SSSR count). The molecule has 0 radical (unpaired) electrons. The van der Waals surface area contributed by atoms with Crippen LogP contribution < -0.4 is 4.74 Å². The summed E-state index contributed by atoms with van der Waals surface area (Å²) in [5, 5.41) is 4.64. The Bertz CT molecular complexity index is 979. The number of hydrogen-bond acceptors (Lipinski definition) is 4. The van der Waals surface area contributed by atoms with Crippen molar-refractivity contribution in [3.63, 3.8) is 0 Å². The van der Waals surface area contributed by atoms with E-state index in [0.717, 1.165) is 22.8 Å². The highest BCUT2D eigenvalue weighted by Gasteiger charge is 2.11. The van der Waals surface area contributed by atoms with Gasteiger partial charge in [-0.25, -0.2) is 4.98 Å². The molecule has 0 saturated carbocycles. The van der Waals surface area contributed by atoms with Gasteiger partial charge in [-0.2, -0.15) is 9.50 Å². The molecule has 0 aliphatic heterocycles. The van der Waals surface area contributed by atoms with Crippen LogP contribution in [0.4, 0.5) is 0 Å². The number of fused-ring (bicyclic) bond motifs is 1. The molecule has 2 aromatic carbocycles. The molecule has 2 aromatic heterocycles. The van der Waals surface area contributed by atoms with Gasteiger partial charge in [0, 0.05) is 18.2 Å². The van der Waals surface area contributed by atoms with Gasteiger partial charge in [-0.1, -0.05) is 42.5 Å². The minimum Gasteiger partial charge on any atom is -0.497 e. The van der Waals surface area contributed by atoms with Crippen molar-refractivity contribution in [1.29, 1.82) is 0 Å². The molecule has 0 N–H and O–H groups in total. The predicted molar refractivity (Wildman–Crippen MR) is 92.0 cm³/mol. The summed E-state index contributed by atoms with van der Waals surface area (Å²) in [7, 11) is 1.66. The highest BCUT2D eigenvalue weighted by Crippen LogP contribution is 2.23. The number of nitrogens with zero attached hydrogens (tertiary/aromatic N) is 4. The standard InChI is InChI=1S/C19H16N4O/c1-24-16-9-5-8-15(13-16)17-10-11-20-19-21-18(22-23(17)19)12-14-6-3-2-4-7-14/h2-11,13H,12H2,1H3. The lowest BCUT2D eigenvalue weighted by molar-refractivity contribution is 0.415. The predicted octanol–water partition coefficient (Wildman–Crippen LogP) is 3.39. The molecule has 0 unspecified atom stereocenters. The summed E-state index contributed by atoms with van der Waals surface area (Å²) in [6, 6.07) is 20.0. The van der Waals surface area contributed by atoms with Crippen LogP contribution in [-0.4, -0.2) is 26.7 Å². The van der Waals surface area contributed by atoms with Gasteiger partial charge in [0.15, 0.2) is 5.82 Å². The van der Waals surface area contributed by atoms with Gasteiger partial charge in [-0.05, 0) is 23.8 Å². The van der Waals surface area contributed by atoms with Crippen LogP contribution in [0.25, 0.3) is 17.0 Å². The summed E-state index contributed by atoms with van der Waals surface area (Å²) in [6.07, 6.45) is 2.44. The summed E-state index contributed by atoms with van der Waals surface area (Å²) >= 11 is 0. The monoisotopic (exact) mass is 316 g/mol. The second kappa shape index (κ2) is 6.12. The average molecular weight is 316 g/mol. The van der Waals surface area contributed by atoms with Gasteiger partial charge in [-0.15, -0.1) is 5.10 Å². The van der Waals surface area contributed by atoms with Crippen LogP contribution in [0.15, 0.2) is 66.9 Å². The summed E-state index contributed by atoms with van der Waals surface area (Å²) in [5.74, 6) is 2.16. The van der Waals surface area contributed by atoms with Crippen LogP contribution in [0.1, 0.15) is 11.4 Å². The second-order valence-electron chi connectivity index (χ2n) is 5.46. The molecular weight excluding hydrogens is 300 g/mol. The van der Waals surface area contributed by atoms with Crippen molar-refractivity contribution in [2.24, 2.45) is 0 Å². The van der Waals surface area contributed by atoms with Gasteiger partial charge in [0.05, 0.1) is 12.8 Å². The molecule has 5 nitrogen and oxygen atoms in total. The maximum Gasteiger partial charge on any atom is 0.252 e. The first-order valence-corrected chi connectivity index (χ1v) is 7.72. The fourth-order valence-electron chi connectivity index (χ4n) is 2.69. The molecule has 24 heavy (non-hydrogen) atoms. The Morgan fingerprint density at radius 1 is 1.00 bits per heavy atom. The molecule has 0 amide bonds. The zero-order valence-electron chi connectivity index (χ0n) is 13.3. The average Bonchev–Trinajstić information content (AvgIpc) is 3.05. The van der Waals surface area contributed by atoms with Crippen LogP contribution in [-0.2, 0) is 6.42 Å². The van der Waals surface area contributed by atoms with Crippen molar-refractivity contribution < 1.29 is 4.74 Å². The van der Waals surface area contributed by atoms with E-state index in [-0.39, 0.29) is 0 Å². The van der Waals surface area contributed by atoms with Crippen LogP contribution in [0, 0.1) is 0 Å². The van der Waals surface area contributed by atoms with Crippen molar-refractivity contribution in [2.45, 2.75) is 6.42 Å². The summed E-state index contributed by atoms with van der Waals surface area (Å²) < 4.78 is 7.10. The Morgan fingerprint density at radius 2 is 1.88 bits per heavy atom. The molecule has 0 saturated heterocycles. The maximum atomic E-state index is 5.31. The van der Waals surface area contributed by atoms with E-state index in [1.807, 2.05) is 48.5 Å². The van der Waals surface area contributed by atoms with E-state index < -0.39 is 0 Å². The highest BCUT2D eigenvalue weighted by molar-refractivity contribution is 5.63. The zero-order valence-corrected chi connectivity index (χ0v) is 13.3. The molecule has 0 fully saturated rings. The lowest BCUT2D eigenvalue weighted by Gasteiger charge is -2.05. The van der Waals surface area contributed by atoms with E-state index in [1.54, 1.807) is 17.8 Å². The van der Waals surface area contributed by atoms with Crippen molar-refractivity contribution in [3.8, 4) is 17.0 Å². The molecule has 2 heterocycles. The Balaban J connectivity index is 1.77. The first-order chi connectivity index (χ1) is 11.8. The second-order valence-corrected chi connectivity index (χ2v) is 5.46. The lowest BCUT2D eigenvalue weighted by Crippen LogP contribution is -1.97. The molecule has 0 spiro atoms. The molecular formula is C19H16N4O. The number of hydrogen-bond donors (Lipinski definition) is 0. The number of aromatic nitrogens is 4. The fourth-order valence-corrected chi connectivity index (χ4v) is 2.69. The third-order valence-corrected chi connectivity index (χ3v) is 3.86. The van der Waals surface area contributed by atoms with Gasteiger partial charge < -0.3 is 4.74 Å². The quantitative estimate of drug-likeness (QED) is 0.579. The molecule has 4 aromatic rings. The smallest absolute Gasteiger partial charge is 0.252 e. The third-order valence-electron chi connectivity index (χ3n) is 3.86. The molecule has 0 aliphatic rings. The maximum absolute atomic E-state index is 5.31.